The van der Waals surface area contributed by atoms with Crippen LogP contribution in [0.5, 0.6) is 0 Å². The van der Waals surface area contributed by atoms with Crippen molar-refractivity contribution in [1.82, 2.24) is 4.31 Å². The molecule has 106 valence electrons. The largest absolute Gasteiger partial charge is 0.243 e. The highest BCUT2D eigenvalue weighted by molar-refractivity contribution is 7.89. The number of aryl methyl sites for hydroxylation is 1. The number of alkyl halides is 1. The molecule has 1 aliphatic heterocycles. The highest BCUT2D eigenvalue weighted by Gasteiger charge is 2.33. The van der Waals surface area contributed by atoms with Gasteiger partial charge in [-0.25, -0.2) is 12.8 Å². The van der Waals surface area contributed by atoms with Gasteiger partial charge in [0.1, 0.15) is 5.82 Å². The van der Waals surface area contributed by atoms with Crippen molar-refractivity contribution in [3.8, 4) is 0 Å². The Morgan fingerprint density at radius 3 is 2.79 bits per heavy atom. The minimum atomic E-state index is -3.59. The number of hydrogen-bond acceptors (Lipinski definition) is 2. The lowest BCUT2D eigenvalue weighted by atomic mass is 10.1. The zero-order valence-electron chi connectivity index (χ0n) is 10.8. The van der Waals surface area contributed by atoms with Crippen LogP contribution in [0.4, 0.5) is 4.39 Å². The molecule has 1 aliphatic rings. The molecular formula is C13H17ClFNO2S. The number of benzene rings is 1. The number of piperidine rings is 1. The van der Waals surface area contributed by atoms with Crippen LogP contribution in [0.15, 0.2) is 23.1 Å². The Balaban J connectivity index is 2.40. The molecule has 19 heavy (non-hydrogen) atoms. The summed E-state index contributed by atoms with van der Waals surface area (Å²) in [6.45, 7) is 2.09. The van der Waals surface area contributed by atoms with Gasteiger partial charge in [-0.2, -0.15) is 4.31 Å². The van der Waals surface area contributed by atoms with Gasteiger partial charge in [-0.3, -0.25) is 0 Å². The summed E-state index contributed by atoms with van der Waals surface area (Å²) in [6.07, 6.45) is 2.61. The van der Waals surface area contributed by atoms with E-state index in [1.54, 1.807) is 6.92 Å². The maximum absolute atomic E-state index is 13.1. The summed E-state index contributed by atoms with van der Waals surface area (Å²) in [4.78, 5) is 0.172. The van der Waals surface area contributed by atoms with Crippen LogP contribution in [-0.4, -0.2) is 31.2 Å². The lowest BCUT2D eigenvalue weighted by Crippen LogP contribution is -2.44. The second-order valence-corrected chi connectivity index (χ2v) is 7.00. The Bertz CT molecular complexity index is 562. The summed E-state index contributed by atoms with van der Waals surface area (Å²) < 4.78 is 39.8. The second-order valence-electron chi connectivity index (χ2n) is 4.83. The number of sulfonamides is 1. The van der Waals surface area contributed by atoms with Crippen LogP contribution in [0, 0.1) is 12.7 Å². The molecule has 1 aromatic carbocycles. The normalized spacial score (nSPS) is 21.5. The van der Waals surface area contributed by atoms with Gasteiger partial charge in [0.25, 0.3) is 0 Å². The molecule has 0 radical (unpaired) electrons. The molecular weight excluding hydrogens is 289 g/mol. The molecule has 0 saturated carbocycles. The number of rotatable bonds is 3. The summed E-state index contributed by atoms with van der Waals surface area (Å²) in [5.41, 5.74) is 0.430. The van der Waals surface area contributed by atoms with Gasteiger partial charge in [0.2, 0.25) is 10.0 Å². The van der Waals surface area contributed by atoms with Crippen LogP contribution in [0.25, 0.3) is 0 Å². The molecule has 1 fully saturated rings. The van der Waals surface area contributed by atoms with Crippen LogP contribution in [-0.2, 0) is 10.0 Å². The standard InChI is InChI=1S/C13H17ClFNO2S/c1-10-8-11(15)5-6-13(10)19(17,18)16-7-3-2-4-12(16)9-14/h5-6,8,12H,2-4,7,9H2,1H3. The van der Waals surface area contributed by atoms with Gasteiger partial charge in [0.15, 0.2) is 0 Å². The summed E-state index contributed by atoms with van der Waals surface area (Å²) in [7, 11) is -3.59. The predicted molar refractivity (Wildman–Crippen MR) is 73.4 cm³/mol. The van der Waals surface area contributed by atoms with Crippen molar-refractivity contribution in [2.45, 2.75) is 37.1 Å². The first-order chi connectivity index (χ1) is 8.96. The fourth-order valence-corrected chi connectivity index (χ4v) is 4.78. The van der Waals surface area contributed by atoms with E-state index in [-0.39, 0.29) is 10.9 Å². The maximum Gasteiger partial charge on any atom is 0.243 e. The average Bonchev–Trinajstić information content (AvgIpc) is 2.38. The zero-order valence-corrected chi connectivity index (χ0v) is 12.3. The number of nitrogens with zero attached hydrogens (tertiary/aromatic N) is 1. The molecule has 0 spiro atoms. The third-order valence-electron chi connectivity index (χ3n) is 3.47. The van der Waals surface area contributed by atoms with E-state index >= 15 is 0 Å². The molecule has 1 atom stereocenters. The highest BCUT2D eigenvalue weighted by Crippen LogP contribution is 2.27. The molecule has 0 amide bonds. The monoisotopic (exact) mass is 305 g/mol. The van der Waals surface area contributed by atoms with E-state index in [4.69, 9.17) is 11.6 Å². The quantitative estimate of drug-likeness (QED) is 0.805. The van der Waals surface area contributed by atoms with E-state index in [9.17, 15) is 12.8 Å². The first-order valence-electron chi connectivity index (χ1n) is 6.31. The van der Waals surface area contributed by atoms with Gasteiger partial charge < -0.3 is 0 Å². The van der Waals surface area contributed by atoms with E-state index in [0.29, 0.717) is 18.0 Å². The Hall–Kier alpha value is -0.650. The van der Waals surface area contributed by atoms with Gasteiger partial charge in [-0.1, -0.05) is 6.42 Å². The smallest absolute Gasteiger partial charge is 0.207 e. The Labute approximate surface area is 118 Å². The summed E-state index contributed by atoms with van der Waals surface area (Å²) in [5, 5.41) is 0. The maximum atomic E-state index is 13.1. The molecule has 1 heterocycles. The summed E-state index contributed by atoms with van der Waals surface area (Å²) in [6, 6.07) is 3.59. The third kappa shape index (κ3) is 2.93. The van der Waals surface area contributed by atoms with Crippen LogP contribution >= 0.6 is 11.6 Å². The molecule has 0 bridgehead atoms. The van der Waals surface area contributed by atoms with Crippen LogP contribution in [0.1, 0.15) is 24.8 Å². The SMILES string of the molecule is Cc1cc(F)ccc1S(=O)(=O)N1CCCCC1CCl. The van der Waals surface area contributed by atoms with E-state index in [1.165, 1.54) is 22.5 Å². The molecule has 0 aromatic heterocycles. The Kier molecular flexibility index (Phi) is 4.48. The number of hydrogen-bond donors (Lipinski definition) is 0. The van der Waals surface area contributed by atoms with Crippen molar-refractivity contribution >= 4 is 21.6 Å². The van der Waals surface area contributed by atoms with Crippen molar-refractivity contribution in [2.75, 3.05) is 12.4 Å². The zero-order chi connectivity index (χ0) is 14.0. The Morgan fingerprint density at radius 2 is 2.16 bits per heavy atom. The topological polar surface area (TPSA) is 37.4 Å². The molecule has 1 aromatic rings. The van der Waals surface area contributed by atoms with Crippen LogP contribution in [0.3, 0.4) is 0 Å². The minimum absolute atomic E-state index is 0.162. The number of halogens is 2. The van der Waals surface area contributed by atoms with Gasteiger partial charge in [-0.05, 0) is 43.5 Å². The van der Waals surface area contributed by atoms with Gasteiger partial charge in [0, 0.05) is 18.5 Å². The van der Waals surface area contributed by atoms with Crippen molar-refractivity contribution in [2.24, 2.45) is 0 Å². The van der Waals surface area contributed by atoms with Crippen molar-refractivity contribution in [3.05, 3.63) is 29.6 Å². The third-order valence-corrected chi connectivity index (χ3v) is 5.94. The lowest BCUT2D eigenvalue weighted by molar-refractivity contribution is 0.271. The molecule has 3 nitrogen and oxygen atoms in total. The highest BCUT2D eigenvalue weighted by atomic mass is 35.5. The van der Waals surface area contributed by atoms with Gasteiger partial charge in [-0.15, -0.1) is 11.6 Å². The van der Waals surface area contributed by atoms with Crippen molar-refractivity contribution in [1.29, 1.82) is 0 Å². The predicted octanol–water partition coefficient (Wildman–Crippen LogP) is 2.92. The van der Waals surface area contributed by atoms with E-state index in [2.05, 4.69) is 0 Å². The average molecular weight is 306 g/mol. The van der Waals surface area contributed by atoms with E-state index in [1.807, 2.05) is 0 Å². The first kappa shape index (κ1) is 14.8. The van der Waals surface area contributed by atoms with Gasteiger partial charge >= 0.3 is 0 Å². The Morgan fingerprint density at radius 1 is 1.42 bits per heavy atom. The molecule has 0 aliphatic carbocycles. The van der Waals surface area contributed by atoms with Crippen molar-refractivity contribution in [3.63, 3.8) is 0 Å². The molecule has 1 saturated heterocycles. The summed E-state index contributed by atoms with van der Waals surface area (Å²) >= 11 is 5.87. The first-order valence-corrected chi connectivity index (χ1v) is 8.28. The fraction of sp³-hybridized carbons (Fsp3) is 0.538. The molecule has 2 rings (SSSR count). The van der Waals surface area contributed by atoms with E-state index in [0.717, 1.165) is 19.3 Å². The van der Waals surface area contributed by atoms with Crippen LogP contribution in [0.2, 0.25) is 0 Å². The minimum Gasteiger partial charge on any atom is -0.207 e. The molecule has 0 N–H and O–H groups in total. The second kappa shape index (κ2) is 5.77. The fourth-order valence-electron chi connectivity index (χ4n) is 2.47. The van der Waals surface area contributed by atoms with Crippen LogP contribution < -0.4 is 0 Å². The molecule has 1 unspecified atom stereocenters. The lowest BCUT2D eigenvalue weighted by Gasteiger charge is -2.33. The van der Waals surface area contributed by atoms with E-state index < -0.39 is 15.8 Å². The van der Waals surface area contributed by atoms with Crippen molar-refractivity contribution < 1.29 is 12.8 Å². The van der Waals surface area contributed by atoms with Gasteiger partial charge in [0.05, 0.1) is 4.90 Å². The molecule has 6 heteroatoms. The summed E-state index contributed by atoms with van der Waals surface area (Å²) in [5.74, 6) is -0.136.